The molecule has 0 unspecified atom stereocenters. The van der Waals surface area contributed by atoms with Gasteiger partial charge in [0.15, 0.2) is 0 Å². The van der Waals surface area contributed by atoms with Crippen LogP contribution in [0.3, 0.4) is 0 Å². The topological polar surface area (TPSA) is 82.6 Å². The summed E-state index contributed by atoms with van der Waals surface area (Å²) in [5.41, 5.74) is 5.42. The van der Waals surface area contributed by atoms with Crippen molar-refractivity contribution >= 4 is 62.6 Å². The highest BCUT2D eigenvalue weighted by Crippen LogP contribution is 2.24. The average molecular weight is 504 g/mol. The van der Waals surface area contributed by atoms with Crippen molar-refractivity contribution in [2.75, 3.05) is 10.6 Å². The maximum atomic E-state index is 13.1. The fourth-order valence-corrected chi connectivity index (χ4v) is 3.07. The summed E-state index contributed by atoms with van der Waals surface area (Å²) < 4.78 is 13.9. The van der Waals surface area contributed by atoms with E-state index in [1.807, 2.05) is 13.0 Å². The fraction of sp³-hybridized carbons (Fsp3) is 0.0455. The number of nitrogens with one attached hydrogen (secondary N) is 3. The molecule has 0 fully saturated rings. The zero-order valence-electron chi connectivity index (χ0n) is 16.2. The first-order chi connectivity index (χ1) is 14.8. The minimum Gasteiger partial charge on any atom is -0.355 e. The van der Waals surface area contributed by atoms with Gasteiger partial charge in [-0.1, -0.05) is 33.6 Å². The molecule has 0 bridgehead atoms. The van der Waals surface area contributed by atoms with Gasteiger partial charge in [-0.25, -0.2) is 9.82 Å². The Morgan fingerprint density at radius 1 is 1.00 bits per heavy atom. The van der Waals surface area contributed by atoms with Crippen molar-refractivity contribution in [1.29, 1.82) is 0 Å². The number of nitrogens with zero attached hydrogens (tertiary/aromatic N) is 1. The molecule has 3 aromatic carbocycles. The molecule has 6 nitrogen and oxygen atoms in total. The second kappa shape index (κ2) is 10.2. The summed E-state index contributed by atoms with van der Waals surface area (Å²) in [6.45, 7) is 1.83. The number of amides is 2. The fourth-order valence-electron chi connectivity index (χ4n) is 2.51. The van der Waals surface area contributed by atoms with E-state index in [0.29, 0.717) is 27.6 Å². The third kappa shape index (κ3) is 6.37. The lowest BCUT2D eigenvalue weighted by atomic mass is 10.2. The van der Waals surface area contributed by atoms with Crippen LogP contribution in [-0.4, -0.2) is 18.0 Å². The molecule has 158 valence electrons. The molecule has 3 aromatic rings. The molecule has 0 saturated carbocycles. The standard InChI is InChI=1S/C22H17BrClFN4O2/c1-13-2-6-18(11-19(13)24)28-21(30)22(31)29-26-12-14-10-15(23)3-9-20(14)27-17-7-4-16(25)5-8-17/h2-12,27H,1H3,(H,28,30)(H,29,31)/b26-12+. The van der Waals surface area contributed by atoms with E-state index in [4.69, 9.17) is 11.6 Å². The predicted molar refractivity (Wildman–Crippen MR) is 124 cm³/mol. The number of rotatable bonds is 5. The second-order valence-corrected chi connectivity index (χ2v) is 7.80. The van der Waals surface area contributed by atoms with E-state index in [-0.39, 0.29) is 5.82 Å². The van der Waals surface area contributed by atoms with Gasteiger partial charge in [0.2, 0.25) is 0 Å². The van der Waals surface area contributed by atoms with E-state index < -0.39 is 11.8 Å². The summed E-state index contributed by atoms with van der Waals surface area (Å²) in [6.07, 6.45) is 1.39. The number of hydrazone groups is 1. The number of halogens is 3. The Morgan fingerprint density at radius 2 is 1.71 bits per heavy atom. The summed E-state index contributed by atoms with van der Waals surface area (Å²) in [5, 5.41) is 9.94. The van der Waals surface area contributed by atoms with Crippen LogP contribution in [0, 0.1) is 12.7 Å². The number of hydrogen-bond donors (Lipinski definition) is 3. The van der Waals surface area contributed by atoms with E-state index in [0.717, 1.165) is 10.0 Å². The van der Waals surface area contributed by atoms with Crippen molar-refractivity contribution < 1.29 is 14.0 Å². The maximum Gasteiger partial charge on any atom is 0.329 e. The molecule has 2 amide bonds. The quantitative estimate of drug-likeness (QED) is 0.248. The summed E-state index contributed by atoms with van der Waals surface area (Å²) >= 11 is 9.40. The number of hydrogen-bond acceptors (Lipinski definition) is 4. The van der Waals surface area contributed by atoms with Gasteiger partial charge in [0.05, 0.1) is 6.21 Å². The van der Waals surface area contributed by atoms with Crippen molar-refractivity contribution in [2.45, 2.75) is 6.92 Å². The number of carbonyl (C=O) groups excluding carboxylic acids is 2. The summed E-state index contributed by atoms with van der Waals surface area (Å²) in [7, 11) is 0. The van der Waals surface area contributed by atoms with E-state index in [9.17, 15) is 14.0 Å². The molecule has 0 heterocycles. The molecule has 0 radical (unpaired) electrons. The third-order valence-electron chi connectivity index (χ3n) is 4.14. The molecular formula is C22H17BrClFN4O2. The molecule has 0 saturated heterocycles. The maximum absolute atomic E-state index is 13.1. The highest BCUT2D eigenvalue weighted by molar-refractivity contribution is 9.10. The van der Waals surface area contributed by atoms with Gasteiger partial charge in [0, 0.05) is 32.1 Å². The average Bonchev–Trinajstić information content (AvgIpc) is 2.74. The highest BCUT2D eigenvalue weighted by Gasteiger charge is 2.13. The Morgan fingerprint density at radius 3 is 2.42 bits per heavy atom. The molecule has 0 aliphatic rings. The van der Waals surface area contributed by atoms with Gasteiger partial charge in [-0.15, -0.1) is 0 Å². The van der Waals surface area contributed by atoms with Crippen LogP contribution in [0.4, 0.5) is 21.5 Å². The first-order valence-electron chi connectivity index (χ1n) is 9.04. The lowest BCUT2D eigenvalue weighted by Gasteiger charge is -2.10. The molecule has 31 heavy (non-hydrogen) atoms. The van der Waals surface area contributed by atoms with Crippen LogP contribution >= 0.6 is 27.5 Å². The highest BCUT2D eigenvalue weighted by atomic mass is 79.9. The van der Waals surface area contributed by atoms with Crippen molar-refractivity contribution in [1.82, 2.24) is 5.43 Å². The van der Waals surface area contributed by atoms with Crippen molar-refractivity contribution in [3.8, 4) is 0 Å². The molecule has 0 spiro atoms. The van der Waals surface area contributed by atoms with Gasteiger partial charge in [0.1, 0.15) is 5.82 Å². The van der Waals surface area contributed by atoms with Crippen LogP contribution in [0.25, 0.3) is 0 Å². The Balaban J connectivity index is 1.66. The van der Waals surface area contributed by atoms with Crippen molar-refractivity contribution in [3.63, 3.8) is 0 Å². The van der Waals surface area contributed by atoms with Gasteiger partial charge in [-0.3, -0.25) is 9.59 Å². The molecule has 0 aliphatic heterocycles. The van der Waals surface area contributed by atoms with Gasteiger partial charge < -0.3 is 10.6 Å². The molecule has 0 aliphatic carbocycles. The zero-order valence-corrected chi connectivity index (χ0v) is 18.6. The normalized spacial score (nSPS) is 10.7. The predicted octanol–water partition coefficient (Wildman–Crippen LogP) is 5.38. The van der Waals surface area contributed by atoms with E-state index in [2.05, 4.69) is 37.1 Å². The summed E-state index contributed by atoms with van der Waals surface area (Å²) in [4.78, 5) is 24.1. The lowest BCUT2D eigenvalue weighted by molar-refractivity contribution is -0.136. The lowest BCUT2D eigenvalue weighted by Crippen LogP contribution is -2.32. The Labute approximate surface area is 191 Å². The SMILES string of the molecule is Cc1ccc(NC(=O)C(=O)N/N=C/c2cc(Br)ccc2Nc2ccc(F)cc2)cc1Cl. The molecule has 0 atom stereocenters. The molecule has 3 rings (SSSR count). The smallest absolute Gasteiger partial charge is 0.329 e. The largest absolute Gasteiger partial charge is 0.355 e. The number of benzene rings is 3. The van der Waals surface area contributed by atoms with Gasteiger partial charge >= 0.3 is 11.8 Å². The summed E-state index contributed by atoms with van der Waals surface area (Å²) in [5.74, 6) is -2.15. The minimum absolute atomic E-state index is 0.336. The first-order valence-corrected chi connectivity index (χ1v) is 10.2. The van der Waals surface area contributed by atoms with Crippen molar-refractivity contribution in [3.05, 3.63) is 87.1 Å². The van der Waals surface area contributed by atoms with Crippen LogP contribution in [0.2, 0.25) is 5.02 Å². The molecule has 3 N–H and O–H groups in total. The molecule has 9 heteroatoms. The van der Waals surface area contributed by atoms with Gasteiger partial charge in [0.25, 0.3) is 0 Å². The Hall–Kier alpha value is -3.23. The molecule has 0 aromatic heterocycles. The van der Waals surface area contributed by atoms with Crippen LogP contribution < -0.4 is 16.1 Å². The Kier molecular flexibility index (Phi) is 7.38. The van der Waals surface area contributed by atoms with Crippen LogP contribution in [0.1, 0.15) is 11.1 Å². The van der Waals surface area contributed by atoms with E-state index in [1.165, 1.54) is 18.3 Å². The number of aryl methyl sites for hydroxylation is 1. The summed E-state index contributed by atoms with van der Waals surface area (Å²) in [6, 6.07) is 16.2. The second-order valence-electron chi connectivity index (χ2n) is 6.48. The van der Waals surface area contributed by atoms with Crippen molar-refractivity contribution in [2.24, 2.45) is 5.10 Å². The van der Waals surface area contributed by atoms with Crippen LogP contribution in [0.5, 0.6) is 0 Å². The van der Waals surface area contributed by atoms with E-state index in [1.54, 1.807) is 42.5 Å². The molecular weight excluding hydrogens is 487 g/mol. The van der Waals surface area contributed by atoms with Gasteiger partial charge in [-0.05, 0) is 67.1 Å². The first kappa shape index (κ1) is 22.5. The van der Waals surface area contributed by atoms with Crippen LogP contribution in [-0.2, 0) is 9.59 Å². The van der Waals surface area contributed by atoms with Gasteiger partial charge in [-0.2, -0.15) is 5.10 Å². The number of anilines is 3. The number of carbonyl (C=O) groups is 2. The third-order valence-corrected chi connectivity index (χ3v) is 5.04. The van der Waals surface area contributed by atoms with Crippen LogP contribution in [0.15, 0.2) is 70.2 Å². The monoisotopic (exact) mass is 502 g/mol. The van der Waals surface area contributed by atoms with E-state index >= 15 is 0 Å². The zero-order chi connectivity index (χ0) is 22.4. The minimum atomic E-state index is -0.934. The Bertz CT molecular complexity index is 1150.